The molecule has 1 amide bonds. The largest absolute Gasteiger partial charge is 0.480 e. The number of aryl methyl sites for hydroxylation is 2. The van der Waals surface area contributed by atoms with Crippen LogP contribution in [0.5, 0.6) is 0 Å². The molecule has 0 aliphatic carbocycles. The van der Waals surface area contributed by atoms with Crippen molar-refractivity contribution in [2.75, 3.05) is 38.0 Å². The van der Waals surface area contributed by atoms with E-state index in [2.05, 4.69) is 37.6 Å². The van der Waals surface area contributed by atoms with E-state index in [4.69, 9.17) is 4.98 Å². The Morgan fingerprint density at radius 2 is 2.11 bits per heavy atom. The van der Waals surface area contributed by atoms with Gasteiger partial charge in [0.1, 0.15) is 11.9 Å². The molecular weight excluding hydrogens is 480 g/mol. The molecular formula is C29H40N6O3. The maximum Gasteiger partial charge on any atom is 0.326 e. The van der Waals surface area contributed by atoms with Crippen LogP contribution in [0, 0.1) is 5.92 Å². The van der Waals surface area contributed by atoms with Gasteiger partial charge in [-0.25, -0.2) is 9.78 Å². The summed E-state index contributed by atoms with van der Waals surface area (Å²) in [6.07, 6.45) is 11.1. The van der Waals surface area contributed by atoms with Crippen molar-refractivity contribution in [2.24, 2.45) is 5.92 Å². The predicted molar refractivity (Wildman–Crippen MR) is 146 cm³/mol. The fourth-order valence-corrected chi connectivity index (χ4v) is 6.09. The second-order valence-electron chi connectivity index (χ2n) is 11.0. The lowest BCUT2D eigenvalue weighted by molar-refractivity contribution is -0.142. The molecule has 9 heteroatoms. The second kappa shape index (κ2) is 12.7. The van der Waals surface area contributed by atoms with Gasteiger partial charge in [-0.05, 0) is 93.6 Å². The first-order valence-electron chi connectivity index (χ1n) is 14.2. The molecule has 0 bridgehead atoms. The molecule has 0 aromatic carbocycles. The van der Waals surface area contributed by atoms with E-state index in [9.17, 15) is 14.7 Å². The summed E-state index contributed by atoms with van der Waals surface area (Å²) in [6.45, 7) is 5.12. The Labute approximate surface area is 225 Å². The number of hydrogen-bond acceptors (Lipinski definition) is 7. The summed E-state index contributed by atoms with van der Waals surface area (Å²) >= 11 is 0. The molecule has 1 unspecified atom stereocenters. The minimum absolute atomic E-state index is 0.176. The normalized spacial score (nSPS) is 22.5. The number of nitrogens with one attached hydrogen (secondary N) is 2. The number of fused-ring (bicyclic) bond motifs is 1. The number of carboxylic acids is 1. The van der Waals surface area contributed by atoms with Crippen molar-refractivity contribution in [1.29, 1.82) is 0 Å². The minimum Gasteiger partial charge on any atom is -0.480 e. The van der Waals surface area contributed by atoms with Gasteiger partial charge in [-0.1, -0.05) is 12.1 Å². The number of pyridine rings is 2. The molecule has 0 saturated carbocycles. The molecule has 0 radical (unpaired) electrons. The van der Waals surface area contributed by atoms with Crippen molar-refractivity contribution in [3.05, 3.63) is 53.5 Å². The zero-order valence-corrected chi connectivity index (χ0v) is 22.1. The standard InChI is InChI=1S/C29H40N6O3/c36-28(26-6-3-15-35(26)20-22-4-1-13-30-18-22)33-25(29(37)38)12-17-34-16-11-21(19-34)7-9-24-10-8-23-5-2-14-31-27(23)32-24/h1,4,8,10,13,18,21,25-26H,2-3,5-7,9,11-12,14-17,19-20H2,(H,31,32)(H,33,36)(H,37,38)/t21-,25?,26+/m1/s1. The van der Waals surface area contributed by atoms with Gasteiger partial charge < -0.3 is 20.6 Å². The topological polar surface area (TPSA) is 111 Å². The van der Waals surface area contributed by atoms with Gasteiger partial charge in [0.05, 0.1) is 6.04 Å². The van der Waals surface area contributed by atoms with Gasteiger partial charge in [0, 0.05) is 44.3 Å². The maximum absolute atomic E-state index is 13.1. The van der Waals surface area contributed by atoms with Crippen LogP contribution in [-0.4, -0.2) is 81.6 Å². The monoisotopic (exact) mass is 520 g/mol. The van der Waals surface area contributed by atoms with Gasteiger partial charge in [-0.2, -0.15) is 0 Å². The van der Waals surface area contributed by atoms with Crippen molar-refractivity contribution >= 4 is 17.7 Å². The third-order valence-corrected chi connectivity index (χ3v) is 8.25. The number of carbonyl (C=O) groups excluding carboxylic acids is 1. The van der Waals surface area contributed by atoms with Crippen LogP contribution in [0.2, 0.25) is 0 Å². The summed E-state index contributed by atoms with van der Waals surface area (Å²) in [5.74, 6) is 0.516. The maximum atomic E-state index is 13.1. The molecule has 3 aliphatic heterocycles. The van der Waals surface area contributed by atoms with Crippen molar-refractivity contribution in [3.63, 3.8) is 0 Å². The molecule has 5 rings (SSSR count). The van der Waals surface area contributed by atoms with E-state index in [1.807, 2.05) is 18.3 Å². The first-order chi connectivity index (χ1) is 18.5. The Morgan fingerprint density at radius 1 is 1.18 bits per heavy atom. The lowest BCUT2D eigenvalue weighted by atomic mass is 10.00. The molecule has 5 heterocycles. The molecule has 204 valence electrons. The Morgan fingerprint density at radius 3 is 2.95 bits per heavy atom. The number of aliphatic carboxylic acids is 1. The first-order valence-corrected chi connectivity index (χ1v) is 14.2. The zero-order chi connectivity index (χ0) is 26.3. The number of aromatic nitrogens is 2. The molecule has 2 aromatic rings. The number of carbonyl (C=O) groups is 2. The summed E-state index contributed by atoms with van der Waals surface area (Å²) in [7, 11) is 0. The summed E-state index contributed by atoms with van der Waals surface area (Å²) < 4.78 is 0. The number of amides is 1. The van der Waals surface area contributed by atoms with Crippen LogP contribution in [0.1, 0.15) is 55.3 Å². The minimum atomic E-state index is -0.960. The highest BCUT2D eigenvalue weighted by molar-refractivity contribution is 5.87. The quantitative estimate of drug-likeness (QED) is 0.415. The van der Waals surface area contributed by atoms with Gasteiger partial charge in [0.15, 0.2) is 0 Å². The lowest BCUT2D eigenvalue weighted by Crippen LogP contribution is -2.50. The number of carboxylic acid groups (broad SMARTS) is 1. The first kappa shape index (κ1) is 26.6. The number of anilines is 1. The van der Waals surface area contributed by atoms with Crippen LogP contribution in [0.3, 0.4) is 0 Å². The van der Waals surface area contributed by atoms with Gasteiger partial charge in [0.25, 0.3) is 0 Å². The van der Waals surface area contributed by atoms with E-state index >= 15 is 0 Å². The van der Waals surface area contributed by atoms with Crippen LogP contribution in [0.4, 0.5) is 5.82 Å². The Bertz CT molecular complexity index is 1100. The van der Waals surface area contributed by atoms with Crippen molar-refractivity contribution in [1.82, 2.24) is 25.1 Å². The lowest BCUT2D eigenvalue weighted by Gasteiger charge is -2.26. The molecule has 9 nitrogen and oxygen atoms in total. The fourth-order valence-electron chi connectivity index (χ4n) is 6.09. The summed E-state index contributed by atoms with van der Waals surface area (Å²) in [5, 5.41) is 16.1. The highest BCUT2D eigenvalue weighted by Crippen LogP contribution is 2.25. The fraction of sp³-hybridized carbons (Fsp3) is 0.586. The molecule has 3 aliphatic rings. The van der Waals surface area contributed by atoms with Crippen LogP contribution in [0.25, 0.3) is 0 Å². The molecule has 0 spiro atoms. The van der Waals surface area contributed by atoms with E-state index in [1.165, 1.54) is 12.0 Å². The Kier molecular flexibility index (Phi) is 8.86. The summed E-state index contributed by atoms with van der Waals surface area (Å²) in [6, 6.07) is 7.13. The number of nitrogens with zero attached hydrogens (tertiary/aromatic N) is 4. The SMILES string of the molecule is O=C(O)C(CCN1CC[C@@H](CCc2ccc3c(n2)NCCC3)C1)NC(=O)[C@@H]1CCCN1Cc1cccnc1. The molecule has 3 atom stereocenters. The van der Waals surface area contributed by atoms with Crippen molar-refractivity contribution in [3.8, 4) is 0 Å². The molecule has 2 fully saturated rings. The molecule has 38 heavy (non-hydrogen) atoms. The highest BCUT2D eigenvalue weighted by Gasteiger charge is 2.33. The van der Waals surface area contributed by atoms with Crippen LogP contribution in [0.15, 0.2) is 36.7 Å². The Hall–Kier alpha value is -3.04. The van der Waals surface area contributed by atoms with E-state index in [0.29, 0.717) is 25.4 Å². The average molecular weight is 521 g/mol. The smallest absolute Gasteiger partial charge is 0.326 e. The Balaban J connectivity index is 1.06. The van der Waals surface area contributed by atoms with Gasteiger partial charge >= 0.3 is 5.97 Å². The number of rotatable bonds is 11. The van der Waals surface area contributed by atoms with Crippen molar-refractivity contribution < 1.29 is 14.7 Å². The van der Waals surface area contributed by atoms with E-state index in [0.717, 1.165) is 81.8 Å². The van der Waals surface area contributed by atoms with E-state index in [1.54, 1.807) is 6.20 Å². The van der Waals surface area contributed by atoms with Gasteiger partial charge in [0.2, 0.25) is 5.91 Å². The summed E-state index contributed by atoms with van der Waals surface area (Å²) in [5.41, 5.74) is 3.53. The average Bonchev–Trinajstić information content (AvgIpc) is 3.59. The molecule has 2 saturated heterocycles. The molecule has 3 N–H and O–H groups in total. The zero-order valence-electron chi connectivity index (χ0n) is 22.1. The molecule has 2 aromatic heterocycles. The van der Waals surface area contributed by atoms with Crippen LogP contribution < -0.4 is 10.6 Å². The van der Waals surface area contributed by atoms with Crippen molar-refractivity contribution in [2.45, 2.75) is 70.0 Å². The third-order valence-electron chi connectivity index (χ3n) is 8.25. The van der Waals surface area contributed by atoms with Crippen LogP contribution >= 0.6 is 0 Å². The van der Waals surface area contributed by atoms with E-state index in [-0.39, 0.29) is 11.9 Å². The summed E-state index contributed by atoms with van der Waals surface area (Å²) in [4.78, 5) is 38.5. The second-order valence-corrected chi connectivity index (χ2v) is 11.0. The van der Waals surface area contributed by atoms with Gasteiger partial charge in [-0.15, -0.1) is 0 Å². The van der Waals surface area contributed by atoms with Gasteiger partial charge in [-0.3, -0.25) is 14.7 Å². The predicted octanol–water partition coefficient (Wildman–Crippen LogP) is 2.71. The number of hydrogen-bond donors (Lipinski definition) is 3. The number of likely N-dealkylation sites (tertiary alicyclic amines) is 2. The van der Waals surface area contributed by atoms with E-state index < -0.39 is 12.0 Å². The third kappa shape index (κ3) is 6.88. The highest BCUT2D eigenvalue weighted by atomic mass is 16.4. The van der Waals surface area contributed by atoms with Crippen LogP contribution in [-0.2, 0) is 29.0 Å².